The van der Waals surface area contributed by atoms with Crippen molar-refractivity contribution in [2.45, 2.75) is 38.3 Å². The van der Waals surface area contributed by atoms with E-state index < -0.39 is 10.0 Å². The molecule has 1 aliphatic heterocycles. The lowest BCUT2D eigenvalue weighted by Gasteiger charge is -2.26. The van der Waals surface area contributed by atoms with Crippen LogP contribution < -0.4 is 0 Å². The average molecular weight is 465 g/mol. The zero-order chi connectivity index (χ0) is 22.0. The van der Waals surface area contributed by atoms with Gasteiger partial charge in [0.15, 0.2) is 0 Å². The number of carbonyl (C=O) groups excluding carboxylic acids is 1. The number of aromatic nitrogens is 3. The smallest absolute Gasteiger partial charge is 0.312 e. The summed E-state index contributed by atoms with van der Waals surface area (Å²) in [4.78, 5) is 21.2. The Morgan fingerprint density at radius 3 is 2.71 bits per heavy atom. The Morgan fingerprint density at radius 2 is 2.03 bits per heavy atom. The molecule has 0 saturated carbocycles. The van der Waals surface area contributed by atoms with Crippen LogP contribution in [0.25, 0.3) is 11.0 Å². The molecule has 0 unspecified atom stereocenters. The van der Waals surface area contributed by atoms with Gasteiger partial charge in [-0.1, -0.05) is 0 Å². The Bertz CT molecular complexity index is 1200. The third kappa shape index (κ3) is 4.64. The Balaban J connectivity index is 1.53. The molecule has 0 amide bonds. The lowest BCUT2D eigenvalue weighted by Crippen LogP contribution is -2.40. The van der Waals surface area contributed by atoms with E-state index in [1.165, 1.54) is 15.6 Å². The highest BCUT2D eigenvalue weighted by molar-refractivity contribution is 7.89. The minimum absolute atomic E-state index is 0.00994. The zero-order valence-electron chi connectivity index (χ0n) is 17.4. The third-order valence-electron chi connectivity index (χ3n) is 5.08. The molecule has 4 rings (SSSR count). The minimum atomic E-state index is -3.61. The number of hydrogen-bond donors (Lipinski definition) is 0. The topological polar surface area (TPSA) is 104 Å². The SMILES string of the molecule is CCn1c(COC(=O)Cc2csc(C)n2)nc2cc(S(=O)(=O)N3CCOCC3)ccc21. The Morgan fingerprint density at radius 1 is 1.26 bits per heavy atom. The van der Waals surface area contributed by atoms with Gasteiger partial charge in [0.05, 0.1) is 46.3 Å². The van der Waals surface area contributed by atoms with Crippen LogP contribution in [-0.2, 0) is 43.9 Å². The molecule has 0 aliphatic carbocycles. The number of sulfonamides is 1. The van der Waals surface area contributed by atoms with Crippen LogP contribution in [0, 0.1) is 6.92 Å². The summed E-state index contributed by atoms with van der Waals surface area (Å²) in [6.07, 6.45) is 0.110. The first-order valence-electron chi connectivity index (χ1n) is 10.0. The Hall–Kier alpha value is -2.34. The quantitative estimate of drug-likeness (QED) is 0.494. The van der Waals surface area contributed by atoms with Gasteiger partial charge in [-0.2, -0.15) is 4.31 Å². The van der Waals surface area contributed by atoms with Crippen molar-refractivity contribution in [2.75, 3.05) is 26.3 Å². The molecule has 3 heterocycles. The second-order valence-electron chi connectivity index (χ2n) is 7.13. The van der Waals surface area contributed by atoms with E-state index >= 15 is 0 Å². The van der Waals surface area contributed by atoms with Crippen LogP contribution in [0.1, 0.15) is 23.4 Å². The number of ether oxygens (including phenoxy) is 2. The molecule has 11 heteroatoms. The maximum atomic E-state index is 12.9. The van der Waals surface area contributed by atoms with E-state index in [9.17, 15) is 13.2 Å². The number of hydrogen-bond acceptors (Lipinski definition) is 8. The predicted octanol–water partition coefficient (Wildman–Crippen LogP) is 2.13. The molecule has 0 radical (unpaired) electrons. The molecule has 9 nitrogen and oxygen atoms in total. The van der Waals surface area contributed by atoms with Gasteiger partial charge in [-0.25, -0.2) is 18.4 Å². The van der Waals surface area contributed by atoms with Crippen LogP contribution in [0.5, 0.6) is 0 Å². The van der Waals surface area contributed by atoms with Gasteiger partial charge in [-0.05, 0) is 32.0 Å². The van der Waals surface area contributed by atoms with Crippen LogP contribution in [-0.4, -0.2) is 59.5 Å². The van der Waals surface area contributed by atoms with Crippen molar-refractivity contribution in [3.8, 4) is 0 Å². The Kier molecular flexibility index (Phi) is 6.37. The Labute approximate surface area is 184 Å². The van der Waals surface area contributed by atoms with Crippen molar-refractivity contribution in [2.24, 2.45) is 0 Å². The van der Waals surface area contributed by atoms with Crippen molar-refractivity contribution < 1.29 is 22.7 Å². The van der Waals surface area contributed by atoms with Crippen molar-refractivity contribution in [3.63, 3.8) is 0 Å². The number of thiazole rings is 1. The van der Waals surface area contributed by atoms with Gasteiger partial charge in [-0.3, -0.25) is 4.79 Å². The first kappa shape index (κ1) is 21.9. The summed E-state index contributed by atoms with van der Waals surface area (Å²) in [5.74, 6) is 0.192. The van der Waals surface area contributed by atoms with Crippen LogP contribution >= 0.6 is 11.3 Å². The van der Waals surface area contributed by atoms with Gasteiger partial charge in [0, 0.05) is 25.0 Å². The number of esters is 1. The fraction of sp³-hybridized carbons (Fsp3) is 0.450. The summed E-state index contributed by atoms with van der Waals surface area (Å²) in [5, 5.41) is 2.74. The first-order valence-corrected chi connectivity index (χ1v) is 12.3. The van der Waals surface area contributed by atoms with Gasteiger partial charge in [0.1, 0.15) is 12.4 Å². The number of morpholine rings is 1. The largest absolute Gasteiger partial charge is 0.457 e. The van der Waals surface area contributed by atoms with E-state index in [0.29, 0.717) is 49.9 Å². The average Bonchev–Trinajstić information content (AvgIpc) is 3.34. The first-order chi connectivity index (χ1) is 14.9. The number of nitrogens with zero attached hydrogens (tertiary/aromatic N) is 4. The molecule has 3 aromatic rings. The maximum absolute atomic E-state index is 12.9. The fourth-order valence-corrected chi connectivity index (χ4v) is 5.59. The standard InChI is InChI=1S/C20H24N4O5S2/c1-3-24-18-5-4-16(31(26,27)23-6-8-28-9-7-23)11-17(18)22-19(24)12-29-20(25)10-15-13-30-14(2)21-15/h4-5,11,13H,3,6-10,12H2,1-2H3. The van der Waals surface area contributed by atoms with Crippen molar-refractivity contribution >= 4 is 38.4 Å². The van der Waals surface area contributed by atoms with Gasteiger partial charge in [0.2, 0.25) is 10.0 Å². The van der Waals surface area contributed by atoms with E-state index in [-0.39, 0.29) is 23.9 Å². The van der Waals surface area contributed by atoms with Gasteiger partial charge in [0.25, 0.3) is 0 Å². The molecule has 0 spiro atoms. The lowest BCUT2D eigenvalue weighted by atomic mass is 10.3. The minimum Gasteiger partial charge on any atom is -0.457 e. The van der Waals surface area contributed by atoms with Crippen molar-refractivity contribution in [1.29, 1.82) is 0 Å². The molecule has 0 bridgehead atoms. The lowest BCUT2D eigenvalue weighted by molar-refractivity contribution is -0.144. The van der Waals surface area contributed by atoms with E-state index in [1.807, 2.05) is 23.8 Å². The molecule has 166 valence electrons. The van der Waals surface area contributed by atoms with E-state index in [0.717, 1.165) is 10.5 Å². The molecular formula is C20H24N4O5S2. The van der Waals surface area contributed by atoms with Crippen LogP contribution in [0.15, 0.2) is 28.5 Å². The molecule has 0 atom stereocenters. The van der Waals surface area contributed by atoms with Crippen molar-refractivity contribution in [1.82, 2.24) is 18.8 Å². The van der Waals surface area contributed by atoms with Crippen molar-refractivity contribution in [3.05, 3.63) is 40.1 Å². The summed E-state index contributed by atoms with van der Waals surface area (Å²) in [5.41, 5.74) is 2.04. The molecular weight excluding hydrogens is 440 g/mol. The third-order valence-corrected chi connectivity index (χ3v) is 7.79. The van der Waals surface area contributed by atoms with Crippen LogP contribution in [0.2, 0.25) is 0 Å². The number of imidazole rings is 1. The second kappa shape index (κ2) is 9.03. The van der Waals surface area contributed by atoms with E-state index in [4.69, 9.17) is 9.47 Å². The molecule has 1 saturated heterocycles. The summed E-state index contributed by atoms with van der Waals surface area (Å²) in [7, 11) is -3.61. The molecule has 0 N–H and O–H groups in total. The fourth-order valence-electron chi connectivity index (χ4n) is 3.55. The highest BCUT2D eigenvalue weighted by Crippen LogP contribution is 2.24. The highest BCUT2D eigenvalue weighted by Gasteiger charge is 2.27. The van der Waals surface area contributed by atoms with Gasteiger partial charge in [-0.15, -0.1) is 11.3 Å². The van der Waals surface area contributed by atoms with Crippen LogP contribution in [0.4, 0.5) is 0 Å². The molecule has 1 fully saturated rings. The summed E-state index contributed by atoms with van der Waals surface area (Å²) < 4.78 is 39.9. The highest BCUT2D eigenvalue weighted by atomic mass is 32.2. The van der Waals surface area contributed by atoms with Gasteiger partial charge >= 0.3 is 5.97 Å². The zero-order valence-corrected chi connectivity index (χ0v) is 19.0. The summed E-state index contributed by atoms with van der Waals surface area (Å²) in [6.45, 7) is 5.93. The number of benzene rings is 1. The predicted molar refractivity (Wildman–Crippen MR) is 115 cm³/mol. The monoisotopic (exact) mass is 464 g/mol. The number of rotatable bonds is 7. The van der Waals surface area contributed by atoms with E-state index in [2.05, 4.69) is 9.97 Å². The molecule has 1 aliphatic rings. The molecule has 31 heavy (non-hydrogen) atoms. The summed E-state index contributed by atoms with van der Waals surface area (Å²) in [6, 6.07) is 4.93. The van der Waals surface area contributed by atoms with E-state index in [1.54, 1.807) is 18.2 Å². The molecule has 1 aromatic carbocycles. The number of fused-ring (bicyclic) bond motifs is 1. The number of aryl methyl sites for hydroxylation is 2. The normalized spacial score (nSPS) is 15.4. The maximum Gasteiger partial charge on any atom is 0.312 e. The van der Waals surface area contributed by atoms with Crippen LogP contribution in [0.3, 0.4) is 0 Å². The number of carbonyl (C=O) groups is 1. The summed E-state index contributed by atoms with van der Waals surface area (Å²) >= 11 is 1.49. The molecule has 2 aromatic heterocycles. The van der Waals surface area contributed by atoms with Gasteiger partial charge < -0.3 is 14.0 Å². The second-order valence-corrected chi connectivity index (χ2v) is 10.1.